The molecule has 3 rings (SSSR count). The zero-order valence-corrected chi connectivity index (χ0v) is 19.1. The molecule has 0 radical (unpaired) electrons. The van der Waals surface area contributed by atoms with Crippen LogP contribution in [-0.2, 0) is 14.8 Å². The number of hydrogen-bond donors (Lipinski definition) is 2. The van der Waals surface area contributed by atoms with Crippen molar-refractivity contribution in [3.63, 3.8) is 0 Å². The second kappa shape index (κ2) is 9.82. The Bertz CT molecular complexity index is 1140. The van der Waals surface area contributed by atoms with Crippen molar-refractivity contribution in [3.8, 4) is 5.75 Å². The molecule has 1 aliphatic heterocycles. The summed E-state index contributed by atoms with van der Waals surface area (Å²) >= 11 is 0. The molecule has 0 aromatic heterocycles. The van der Waals surface area contributed by atoms with Crippen LogP contribution in [0.5, 0.6) is 5.75 Å². The number of amides is 1. The lowest BCUT2D eigenvalue weighted by Gasteiger charge is -2.24. The predicted octanol–water partition coefficient (Wildman–Crippen LogP) is -0.0278. The molecular weight excluding hydrogens is 458 g/mol. The summed E-state index contributed by atoms with van der Waals surface area (Å²) in [5, 5.41) is 1.69. The van der Waals surface area contributed by atoms with Crippen molar-refractivity contribution in [1.29, 1.82) is 0 Å². The standard InChI is InChI=1S/C19H22B3F3N2O5S/c20-19(21,22)32-16-4-2-12(33(29,30)27-11-5-6-31-9-11)8-14(16)18(28)26-10-1-3-15(23)13(7-10)17(24)25/h1-4,7-8,11,17,27H,5-6,9,20-22H2,(H,26,28)/t11-/m0/s1. The molecule has 1 saturated heterocycles. The number of alkyl halides is 2. The summed E-state index contributed by atoms with van der Waals surface area (Å²) in [6, 6.07) is 6.20. The van der Waals surface area contributed by atoms with Crippen molar-refractivity contribution in [2.75, 3.05) is 18.5 Å². The number of nitrogens with one attached hydrogen (secondary N) is 2. The first-order valence-corrected chi connectivity index (χ1v) is 11.7. The number of ether oxygens (including phenoxy) is 2. The molecule has 2 aromatic carbocycles. The van der Waals surface area contributed by atoms with Crippen LogP contribution in [0.4, 0.5) is 18.9 Å². The molecule has 7 nitrogen and oxygen atoms in total. The highest BCUT2D eigenvalue weighted by Gasteiger charge is 2.27. The number of anilines is 1. The molecule has 0 unspecified atom stereocenters. The molecule has 33 heavy (non-hydrogen) atoms. The smallest absolute Gasteiger partial charge is 0.266 e. The zero-order valence-electron chi connectivity index (χ0n) is 18.3. The van der Waals surface area contributed by atoms with Gasteiger partial charge in [0.15, 0.2) is 0 Å². The van der Waals surface area contributed by atoms with Gasteiger partial charge in [0.1, 0.15) is 35.1 Å². The first-order valence-electron chi connectivity index (χ1n) is 10.2. The average Bonchev–Trinajstić information content (AvgIpc) is 3.20. The van der Waals surface area contributed by atoms with E-state index in [-0.39, 0.29) is 34.5 Å². The fourth-order valence-corrected chi connectivity index (χ4v) is 4.46. The molecule has 1 heterocycles. The van der Waals surface area contributed by atoms with E-state index in [9.17, 15) is 26.4 Å². The van der Waals surface area contributed by atoms with Gasteiger partial charge in [0.2, 0.25) is 10.0 Å². The third kappa shape index (κ3) is 6.55. The summed E-state index contributed by atoms with van der Waals surface area (Å²) in [7, 11) is 1.27. The van der Waals surface area contributed by atoms with Crippen LogP contribution in [0.1, 0.15) is 28.8 Å². The highest BCUT2D eigenvalue weighted by molar-refractivity contribution is 7.89. The van der Waals surface area contributed by atoms with Crippen LogP contribution in [0.15, 0.2) is 41.3 Å². The maximum Gasteiger partial charge on any atom is 0.266 e. The first-order chi connectivity index (χ1) is 15.4. The fourth-order valence-electron chi connectivity index (χ4n) is 3.17. The minimum atomic E-state index is -3.97. The molecule has 0 spiro atoms. The van der Waals surface area contributed by atoms with Crippen molar-refractivity contribution in [3.05, 3.63) is 53.3 Å². The largest absolute Gasteiger partial charge is 0.513 e. The lowest BCUT2D eigenvalue weighted by atomic mass is 9.52. The van der Waals surface area contributed by atoms with Gasteiger partial charge < -0.3 is 14.8 Å². The van der Waals surface area contributed by atoms with Gasteiger partial charge in [-0.3, -0.25) is 4.79 Å². The summed E-state index contributed by atoms with van der Waals surface area (Å²) in [6.07, 6.45) is -2.55. The molecule has 2 N–H and O–H groups in total. The third-order valence-corrected chi connectivity index (χ3v) is 6.18. The van der Waals surface area contributed by atoms with Crippen molar-refractivity contribution in [2.45, 2.75) is 29.1 Å². The number of halogens is 3. The number of benzene rings is 2. The van der Waals surface area contributed by atoms with E-state index < -0.39 is 39.0 Å². The van der Waals surface area contributed by atoms with Crippen LogP contribution >= 0.6 is 0 Å². The van der Waals surface area contributed by atoms with Crippen molar-refractivity contribution >= 4 is 45.2 Å². The Morgan fingerprint density at radius 2 is 1.91 bits per heavy atom. The quantitative estimate of drug-likeness (QED) is 0.519. The Morgan fingerprint density at radius 1 is 1.18 bits per heavy atom. The van der Waals surface area contributed by atoms with Gasteiger partial charge in [-0.1, -0.05) is 0 Å². The highest BCUT2D eigenvalue weighted by atomic mass is 32.2. The van der Waals surface area contributed by atoms with Crippen LogP contribution in [0, 0.1) is 5.82 Å². The topological polar surface area (TPSA) is 93.7 Å². The molecule has 1 fully saturated rings. The van der Waals surface area contributed by atoms with Gasteiger partial charge in [-0.15, -0.1) is 0 Å². The molecule has 0 bridgehead atoms. The molecule has 2 aromatic rings. The lowest BCUT2D eigenvalue weighted by molar-refractivity contribution is 0.102. The number of carbonyl (C=O) groups excluding carboxylic acids is 1. The van der Waals surface area contributed by atoms with Crippen LogP contribution in [0.25, 0.3) is 0 Å². The van der Waals surface area contributed by atoms with E-state index in [1.54, 1.807) is 23.5 Å². The van der Waals surface area contributed by atoms with Gasteiger partial charge in [0, 0.05) is 23.6 Å². The zero-order chi connectivity index (χ0) is 24.4. The average molecular weight is 480 g/mol. The molecule has 0 aliphatic carbocycles. The van der Waals surface area contributed by atoms with Crippen LogP contribution in [0.2, 0.25) is 0 Å². The Balaban J connectivity index is 1.95. The van der Waals surface area contributed by atoms with Gasteiger partial charge in [-0.2, -0.15) is 0 Å². The Morgan fingerprint density at radius 3 is 2.52 bits per heavy atom. The predicted molar refractivity (Wildman–Crippen MR) is 124 cm³/mol. The fraction of sp³-hybridized carbons (Fsp3) is 0.316. The molecule has 174 valence electrons. The molecule has 0 saturated carbocycles. The van der Waals surface area contributed by atoms with E-state index in [0.29, 0.717) is 13.0 Å². The van der Waals surface area contributed by atoms with Gasteiger partial charge in [-0.25, -0.2) is 26.3 Å². The number of rotatable bonds is 8. The summed E-state index contributed by atoms with van der Waals surface area (Å²) in [4.78, 5) is 12.8. The normalized spacial score (nSPS) is 16.7. The Hall–Kier alpha value is -2.44. The van der Waals surface area contributed by atoms with E-state index in [2.05, 4.69) is 10.0 Å². The second-order valence-corrected chi connectivity index (χ2v) is 10.3. The summed E-state index contributed by atoms with van der Waals surface area (Å²) in [5.41, 5.74) is -1.07. The van der Waals surface area contributed by atoms with Crippen molar-refractivity contribution in [2.24, 2.45) is 0 Å². The van der Waals surface area contributed by atoms with E-state index in [1.807, 2.05) is 0 Å². The van der Waals surface area contributed by atoms with Crippen LogP contribution in [-0.4, -0.2) is 62.4 Å². The summed E-state index contributed by atoms with van der Waals surface area (Å²) in [5.74, 6) is -1.81. The Kier molecular flexibility index (Phi) is 7.50. The van der Waals surface area contributed by atoms with Crippen molar-refractivity contribution < 1.29 is 35.9 Å². The maximum absolute atomic E-state index is 13.6. The van der Waals surface area contributed by atoms with E-state index in [0.717, 1.165) is 24.3 Å². The first kappa shape index (κ1) is 25.2. The number of sulfonamides is 1. The number of hydrogen-bond acceptors (Lipinski definition) is 5. The van der Waals surface area contributed by atoms with Gasteiger partial charge in [0.25, 0.3) is 12.3 Å². The SMILES string of the molecule is BC(B)(B)Oc1ccc(S(=O)(=O)N[C@H]2CCOC2)cc1C(=O)Nc1ccc(F)c(C(F)F)c1. The molecule has 1 aliphatic rings. The Labute approximate surface area is 192 Å². The van der Waals surface area contributed by atoms with E-state index in [1.165, 1.54) is 12.1 Å². The summed E-state index contributed by atoms with van der Waals surface area (Å²) < 4.78 is 78.7. The number of carbonyl (C=O) groups is 1. The van der Waals surface area contributed by atoms with E-state index >= 15 is 0 Å². The van der Waals surface area contributed by atoms with Crippen LogP contribution < -0.4 is 14.8 Å². The van der Waals surface area contributed by atoms with E-state index in [4.69, 9.17) is 9.47 Å². The third-order valence-electron chi connectivity index (χ3n) is 4.66. The summed E-state index contributed by atoms with van der Waals surface area (Å²) in [6.45, 7) is 0.687. The van der Waals surface area contributed by atoms with Gasteiger partial charge in [-0.05, 0) is 42.8 Å². The molecule has 1 atom stereocenters. The second-order valence-electron chi connectivity index (χ2n) is 8.55. The van der Waals surface area contributed by atoms with Crippen LogP contribution in [0.3, 0.4) is 0 Å². The molecule has 1 amide bonds. The van der Waals surface area contributed by atoms with Crippen molar-refractivity contribution in [1.82, 2.24) is 4.72 Å². The molecule has 14 heteroatoms. The lowest BCUT2D eigenvalue weighted by Crippen LogP contribution is -2.38. The highest BCUT2D eigenvalue weighted by Crippen LogP contribution is 2.28. The van der Waals surface area contributed by atoms with Gasteiger partial charge in [0.05, 0.1) is 22.6 Å². The molecular formula is C19H22B3F3N2O5S. The maximum atomic E-state index is 13.6. The minimum Gasteiger partial charge on any atom is -0.513 e. The van der Waals surface area contributed by atoms with Gasteiger partial charge >= 0.3 is 0 Å². The monoisotopic (exact) mass is 480 g/mol. The minimum absolute atomic E-state index is 0.0760.